The number of aromatic nitrogens is 3. The van der Waals surface area contributed by atoms with E-state index in [9.17, 15) is 0 Å². The molecule has 2 rings (SSSR count). The van der Waals surface area contributed by atoms with Gasteiger partial charge in [0, 0.05) is 31.2 Å². The topological polar surface area (TPSA) is 83.2 Å². The lowest BCUT2D eigenvalue weighted by molar-refractivity contribution is 0.779. The van der Waals surface area contributed by atoms with Gasteiger partial charge in [-0.3, -0.25) is 0 Å². The molecule has 3 N–H and O–H groups in total. The van der Waals surface area contributed by atoms with Gasteiger partial charge in [-0.2, -0.15) is 15.0 Å². The lowest BCUT2D eigenvalue weighted by atomic mass is 10.3. The van der Waals surface area contributed by atoms with Gasteiger partial charge in [0.15, 0.2) is 0 Å². The van der Waals surface area contributed by atoms with Crippen molar-refractivity contribution in [3.63, 3.8) is 0 Å². The standard InChI is InChI=1S/C17H26ClN7/c1-5-24(6-2)16-21-15(22-17(23-16)25(7-3)8-4)20-14-10-9-12(18)11-13(14)19/h9-11H,5-8,19H2,1-4H3,(H,20,21,22,23). The molecule has 136 valence electrons. The van der Waals surface area contributed by atoms with Gasteiger partial charge in [-0.25, -0.2) is 0 Å². The number of nitrogens with one attached hydrogen (secondary N) is 1. The fraction of sp³-hybridized carbons (Fsp3) is 0.471. The van der Waals surface area contributed by atoms with Crippen LogP contribution in [0.5, 0.6) is 0 Å². The van der Waals surface area contributed by atoms with Crippen LogP contribution in [-0.4, -0.2) is 41.1 Å². The van der Waals surface area contributed by atoms with Crippen molar-refractivity contribution in [2.45, 2.75) is 27.7 Å². The number of nitrogens with two attached hydrogens (primary N) is 1. The Morgan fingerprint density at radius 2 is 1.44 bits per heavy atom. The van der Waals surface area contributed by atoms with Crippen molar-refractivity contribution in [3.05, 3.63) is 23.2 Å². The number of nitrogen functional groups attached to an aromatic ring is 1. The quantitative estimate of drug-likeness (QED) is 0.694. The van der Waals surface area contributed by atoms with E-state index in [0.29, 0.717) is 34.2 Å². The number of halogens is 1. The van der Waals surface area contributed by atoms with Crippen LogP contribution in [0.2, 0.25) is 5.02 Å². The fourth-order valence-corrected chi connectivity index (χ4v) is 2.65. The average molecular weight is 364 g/mol. The fourth-order valence-electron chi connectivity index (χ4n) is 2.47. The van der Waals surface area contributed by atoms with E-state index in [2.05, 4.69) is 57.8 Å². The molecule has 0 atom stereocenters. The van der Waals surface area contributed by atoms with Crippen LogP contribution >= 0.6 is 11.6 Å². The van der Waals surface area contributed by atoms with Crippen molar-refractivity contribution < 1.29 is 0 Å². The summed E-state index contributed by atoms with van der Waals surface area (Å²) < 4.78 is 0. The minimum absolute atomic E-state index is 0.466. The van der Waals surface area contributed by atoms with E-state index in [4.69, 9.17) is 17.3 Å². The first-order chi connectivity index (χ1) is 12.0. The molecule has 0 saturated carbocycles. The third kappa shape index (κ3) is 4.63. The van der Waals surface area contributed by atoms with Gasteiger partial charge >= 0.3 is 0 Å². The maximum atomic E-state index is 6.03. The first-order valence-corrected chi connectivity index (χ1v) is 8.98. The maximum absolute atomic E-state index is 6.03. The molecule has 7 nitrogen and oxygen atoms in total. The van der Waals surface area contributed by atoms with Gasteiger partial charge in [-0.1, -0.05) is 11.6 Å². The molecule has 0 spiro atoms. The zero-order chi connectivity index (χ0) is 18.4. The molecule has 0 bridgehead atoms. The molecule has 0 unspecified atom stereocenters. The molecule has 1 aromatic heterocycles. The first-order valence-electron chi connectivity index (χ1n) is 8.60. The number of rotatable bonds is 8. The second kappa shape index (κ2) is 8.71. The third-order valence-electron chi connectivity index (χ3n) is 3.96. The van der Waals surface area contributed by atoms with Gasteiger partial charge in [0.05, 0.1) is 11.4 Å². The maximum Gasteiger partial charge on any atom is 0.233 e. The summed E-state index contributed by atoms with van der Waals surface area (Å²) in [6.45, 7) is 11.6. The lowest BCUT2D eigenvalue weighted by Gasteiger charge is -2.23. The highest BCUT2D eigenvalue weighted by Crippen LogP contribution is 2.26. The van der Waals surface area contributed by atoms with Crippen molar-refractivity contribution >= 4 is 40.8 Å². The Hall–Kier alpha value is -2.28. The number of anilines is 5. The Morgan fingerprint density at radius 3 is 1.88 bits per heavy atom. The van der Waals surface area contributed by atoms with E-state index in [-0.39, 0.29) is 0 Å². The van der Waals surface area contributed by atoms with E-state index in [0.717, 1.165) is 26.2 Å². The van der Waals surface area contributed by atoms with Crippen LogP contribution in [0.3, 0.4) is 0 Å². The summed E-state index contributed by atoms with van der Waals surface area (Å²) >= 11 is 5.97. The summed E-state index contributed by atoms with van der Waals surface area (Å²) in [6, 6.07) is 5.29. The number of hydrogen-bond acceptors (Lipinski definition) is 7. The summed E-state index contributed by atoms with van der Waals surface area (Å²) in [5.74, 6) is 1.77. The van der Waals surface area contributed by atoms with E-state index in [1.54, 1.807) is 12.1 Å². The molecule has 0 aliphatic heterocycles. The molecule has 0 saturated heterocycles. The SMILES string of the molecule is CCN(CC)c1nc(Nc2ccc(Cl)cc2N)nc(N(CC)CC)n1. The van der Waals surface area contributed by atoms with Crippen LogP contribution < -0.4 is 20.9 Å². The van der Waals surface area contributed by atoms with Crippen molar-refractivity contribution in [2.24, 2.45) is 0 Å². The van der Waals surface area contributed by atoms with Crippen LogP contribution in [0.15, 0.2) is 18.2 Å². The van der Waals surface area contributed by atoms with Gasteiger partial charge in [-0.05, 0) is 45.9 Å². The van der Waals surface area contributed by atoms with Crippen molar-refractivity contribution in [1.29, 1.82) is 0 Å². The first kappa shape index (κ1) is 19.1. The van der Waals surface area contributed by atoms with Crippen LogP contribution in [0.4, 0.5) is 29.2 Å². The molecule has 0 amide bonds. The highest BCUT2D eigenvalue weighted by atomic mass is 35.5. The Kier molecular flexibility index (Phi) is 6.64. The third-order valence-corrected chi connectivity index (χ3v) is 4.20. The van der Waals surface area contributed by atoms with E-state index >= 15 is 0 Å². The molecule has 2 aromatic rings. The van der Waals surface area contributed by atoms with Gasteiger partial charge in [0.2, 0.25) is 17.8 Å². The molecule has 8 heteroatoms. The Labute approximate surface area is 154 Å². The van der Waals surface area contributed by atoms with Crippen molar-refractivity contribution in [1.82, 2.24) is 15.0 Å². The van der Waals surface area contributed by atoms with E-state index in [1.165, 1.54) is 0 Å². The van der Waals surface area contributed by atoms with Crippen LogP contribution in [0.1, 0.15) is 27.7 Å². The molecule has 0 radical (unpaired) electrons. The molecular weight excluding hydrogens is 338 g/mol. The number of nitrogens with zero attached hydrogens (tertiary/aromatic N) is 5. The molecule has 25 heavy (non-hydrogen) atoms. The predicted octanol–water partition coefficient (Wildman–Crippen LogP) is 3.54. The number of hydrogen-bond donors (Lipinski definition) is 2. The van der Waals surface area contributed by atoms with E-state index in [1.807, 2.05) is 6.07 Å². The normalized spacial score (nSPS) is 10.6. The van der Waals surface area contributed by atoms with Crippen molar-refractivity contribution in [2.75, 3.05) is 47.0 Å². The Balaban J connectivity index is 2.44. The molecular formula is C17H26ClN7. The van der Waals surface area contributed by atoms with Gasteiger partial charge in [0.25, 0.3) is 0 Å². The summed E-state index contributed by atoms with van der Waals surface area (Å²) in [5.41, 5.74) is 7.29. The molecule has 1 heterocycles. The second-order valence-electron chi connectivity index (χ2n) is 5.46. The van der Waals surface area contributed by atoms with Gasteiger partial charge in [0.1, 0.15) is 0 Å². The highest BCUT2D eigenvalue weighted by molar-refractivity contribution is 6.31. The monoisotopic (exact) mass is 363 g/mol. The van der Waals surface area contributed by atoms with E-state index < -0.39 is 0 Å². The zero-order valence-electron chi connectivity index (χ0n) is 15.3. The minimum Gasteiger partial charge on any atom is -0.397 e. The zero-order valence-corrected chi connectivity index (χ0v) is 16.0. The smallest absolute Gasteiger partial charge is 0.233 e. The minimum atomic E-state index is 0.466. The molecule has 0 aliphatic rings. The molecule has 1 aromatic carbocycles. The summed E-state index contributed by atoms with van der Waals surface area (Å²) in [5, 5.41) is 3.78. The lowest BCUT2D eigenvalue weighted by Crippen LogP contribution is -2.29. The predicted molar refractivity (Wildman–Crippen MR) is 106 cm³/mol. The molecule has 0 fully saturated rings. The second-order valence-corrected chi connectivity index (χ2v) is 5.90. The molecule has 0 aliphatic carbocycles. The number of benzene rings is 1. The van der Waals surface area contributed by atoms with Gasteiger partial charge < -0.3 is 20.9 Å². The highest BCUT2D eigenvalue weighted by Gasteiger charge is 2.15. The largest absolute Gasteiger partial charge is 0.397 e. The van der Waals surface area contributed by atoms with Crippen LogP contribution in [0, 0.1) is 0 Å². The van der Waals surface area contributed by atoms with Crippen molar-refractivity contribution in [3.8, 4) is 0 Å². The average Bonchev–Trinajstić information content (AvgIpc) is 2.60. The van der Waals surface area contributed by atoms with Crippen LogP contribution in [-0.2, 0) is 0 Å². The summed E-state index contributed by atoms with van der Waals surface area (Å²) in [7, 11) is 0. The van der Waals surface area contributed by atoms with Crippen LogP contribution in [0.25, 0.3) is 0 Å². The summed E-state index contributed by atoms with van der Waals surface area (Å²) in [4.78, 5) is 17.9. The Morgan fingerprint density at radius 1 is 0.920 bits per heavy atom. The van der Waals surface area contributed by atoms with Gasteiger partial charge in [-0.15, -0.1) is 0 Å². The summed E-state index contributed by atoms with van der Waals surface area (Å²) in [6.07, 6.45) is 0. The Bertz CT molecular complexity index is 669.